The normalized spacial score (nSPS) is 30.4. The van der Waals surface area contributed by atoms with Crippen LogP contribution in [0.2, 0.25) is 0 Å². The van der Waals surface area contributed by atoms with E-state index in [1.807, 2.05) is 17.8 Å². The van der Waals surface area contributed by atoms with E-state index in [0.29, 0.717) is 12.1 Å². The van der Waals surface area contributed by atoms with Gasteiger partial charge in [0.05, 0.1) is 0 Å². The van der Waals surface area contributed by atoms with Gasteiger partial charge in [-0.05, 0) is 55.2 Å². The molecule has 0 bridgehead atoms. The Morgan fingerprint density at radius 2 is 2.10 bits per heavy atom. The molecule has 4 rings (SSSR count). The minimum Gasteiger partial charge on any atom is -0.306 e. The van der Waals surface area contributed by atoms with Crippen LogP contribution in [-0.4, -0.2) is 35.8 Å². The number of fused-ring (bicyclic) bond motifs is 1. The Bertz CT molecular complexity index is 503. The number of benzene rings is 1. The monoisotopic (exact) mass is 292 g/mol. The third kappa shape index (κ3) is 2.61. The number of thioether (sulfide) groups is 1. The average molecular weight is 292 g/mol. The summed E-state index contributed by atoms with van der Waals surface area (Å²) in [5.41, 5.74) is 1.17. The zero-order chi connectivity index (χ0) is 13.5. The third-order valence-corrected chi connectivity index (χ3v) is 5.85. The number of rotatable bonds is 3. The van der Waals surface area contributed by atoms with E-state index in [0.717, 1.165) is 18.2 Å². The molecule has 2 unspecified atom stereocenters. The van der Waals surface area contributed by atoms with Gasteiger partial charge in [-0.3, -0.25) is 4.90 Å². The van der Waals surface area contributed by atoms with E-state index in [1.165, 1.54) is 42.8 Å². The summed E-state index contributed by atoms with van der Waals surface area (Å²) in [6.07, 6.45) is 5.13. The predicted molar refractivity (Wildman–Crippen MR) is 80.6 cm³/mol. The van der Waals surface area contributed by atoms with Crippen molar-refractivity contribution in [3.05, 3.63) is 29.6 Å². The first-order valence-electron chi connectivity index (χ1n) is 7.72. The van der Waals surface area contributed by atoms with Crippen molar-refractivity contribution >= 4 is 11.8 Å². The van der Waals surface area contributed by atoms with Gasteiger partial charge in [0.1, 0.15) is 5.82 Å². The summed E-state index contributed by atoms with van der Waals surface area (Å²) in [4.78, 5) is 3.88. The highest BCUT2D eigenvalue weighted by Gasteiger charge is 2.35. The zero-order valence-electron chi connectivity index (χ0n) is 11.6. The van der Waals surface area contributed by atoms with E-state index < -0.39 is 0 Å². The first-order chi connectivity index (χ1) is 9.79. The predicted octanol–water partition coefficient (Wildman–Crippen LogP) is 3.19. The molecule has 0 amide bonds. The SMILES string of the molecule is Fc1ccc2c(c1)C(NC1CCN(C3CC3)C1)CCS2. The van der Waals surface area contributed by atoms with Gasteiger partial charge in [-0.25, -0.2) is 4.39 Å². The molecule has 108 valence electrons. The van der Waals surface area contributed by atoms with Crippen LogP contribution in [0.25, 0.3) is 0 Å². The number of nitrogens with one attached hydrogen (secondary N) is 1. The van der Waals surface area contributed by atoms with Crippen LogP contribution < -0.4 is 5.32 Å². The van der Waals surface area contributed by atoms with E-state index in [1.54, 1.807) is 12.1 Å². The quantitative estimate of drug-likeness (QED) is 0.921. The van der Waals surface area contributed by atoms with Crippen LogP contribution in [0.1, 0.15) is 37.3 Å². The first kappa shape index (κ1) is 13.1. The molecule has 2 heterocycles. The van der Waals surface area contributed by atoms with Crippen molar-refractivity contribution in [3.8, 4) is 0 Å². The lowest BCUT2D eigenvalue weighted by molar-refractivity contribution is 0.311. The van der Waals surface area contributed by atoms with Crippen molar-refractivity contribution in [2.45, 2.75) is 48.7 Å². The highest BCUT2D eigenvalue weighted by atomic mass is 32.2. The molecule has 1 N–H and O–H groups in total. The fourth-order valence-corrected chi connectivity index (χ4v) is 4.62. The third-order valence-electron chi connectivity index (χ3n) is 4.73. The maximum Gasteiger partial charge on any atom is 0.123 e. The molecule has 3 aliphatic rings. The van der Waals surface area contributed by atoms with E-state index in [4.69, 9.17) is 0 Å². The molecule has 1 aromatic rings. The Kier molecular flexibility index (Phi) is 3.49. The highest BCUT2D eigenvalue weighted by molar-refractivity contribution is 7.99. The Balaban J connectivity index is 1.46. The van der Waals surface area contributed by atoms with Crippen molar-refractivity contribution in [1.29, 1.82) is 0 Å². The number of halogens is 1. The highest BCUT2D eigenvalue weighted by Crippen LogP contribution is 2.37. The lowest BCUT2D eigenvalue weighted by atomic mass is 10.0. The minimum absolute atomic E-state index is 0.107. The van der Waals surface area contributed by atoms with E-state index in [9.17, 15) is 4.39 Å². The summed E-state index contributed by atoms with van der Waals surface area (Å²) < 4.78 is 13.5. The molecule has 20 heavy (non-hydrogen) atoms. The zero-order valence-corrected chi connectivity index (χ0v) is 12.5. The minimum atomic E-state index is -0.107. The van der Waals surface area contributed by atoms with E-state index in [2.05, 4.69) is 10.2 Å². The van der Waals surface area contributed by atoms with Gasteiger partial charge in [0.2, 0.25) is 0 Å². The van der Waals surface area contributed by atoms with Gasteiger partial charge in [-0.15, -0.1) is 11.8 Å². The Labute approximate surface area is 124 Å². The van der Waals surface area contributed by atoms with Gasteiger partial charge in [0, 0.05) is 36.1 Å². The van der Waals surface area contributed by atoms with Crippen molar-refractivity contribution in [3.63, 3.8) is 0 Å². The molecule has 2 nitrogen and oxygen atoms in total. The molecule has 2 fully saturated rings. The van der Waals surface area contributed by atoms with Crippen LogP contribution >= 0.6 is 11.8 Å². The smallest absolute Gasteiger partial charge is 0.123 e. The topological polar surface area (TPSA) is 15.3 Å². The summed E-state index contributed by atoms with van der Waals surface area (Å²) in [7, 11) is 0. The standard InChI is InChI=1S/C16H21FN2S/c17-11-1-4-16-14(9-11)15(6-8-20-16)18-12-5-7-19(10-12)13-2-3-13/h1,4,9,12-13,15,18H,2-3,5-8,10H2. The molecule has 2 atom stereocenters. The van der Waals surface area contributed by atoms with Crippen LogP contribution in [0.3, 0.4) is 0 Å². The van der Waals surface area contributed by atoms with Gasteiger partial charge in [0.15, 0.2) is 0 Å². The van der Waals surface area contributed by atoms with Gasteiger partial charge < -0.3 is 5.32 Å². The fraction of sp³-hybridized carbons (Fsp3) is 0.625. The maximum atomic E-state index is 13.5. The average Bonchev–Trinajstić information content (AvgIpc) is 3.20. The van der Waals surface area contributed by atoms with Crippen molar-refractivity contribution < 1.29 is 4.39 Å². The van der Waals surface area contributed by atoms with Crippen LogP contribution in [-0.2, 0) is 0 Å². The Morgan fingerprint density at radius 1 is 1.20 bits per heavy atom. The fourth-order valence-electron chi connectivity index (χ4n) is 3.52. The Morgan fingerprint density at radius 3 is 2.95 bits per heavy atom. The van der Waals surface area contributed by atoms with Gasteiger partial charge in [0.25, 0.3) is 0 Å². The molecule has 1 aromatic carbocycles. The maximum absolute atomic E-state index is 13.5. The van der Waals surface area contributed by atoms with Crippen LogP contribution in [0.4, 0.5) is 4.39 Å². The summed E-state index contributed by atoms with van der Waals surface area (Å²) >= 11 is 1.86. The molecule has 0 spiro atoms. The van der Waals surface area contributed by atoms with E-state index >= 15 is 0 Å². The second kappa shape index (κ2) is 5.32. The van der Waals surface area contributed by atoms with Crippen molar-refractivity contribution in [2.24, 2.45) is 0 Å². The van der Waals surface area contributed by atoms with Crippen LogP contribution in [0, 0.1) is 5.82 Å². The molecule has 0 aromatic heterocycles. The summed E-state index contributed by atoms with van der Waals surface area (Å²) in [6, 6.07) is 7.04. The molecular formula is C16H21FN2S. The van der Waals surface area contributed by atoms with Crippen molar-refractivity contribution in [2.75, 3.05) is 18.8 Å². The molecule has 2 aliphatic heterocycles. The number of hydrogen-bond donors (Lipinski definition) is 1. The van der Waals surface area contributed by atoms with E-state index in [-0.39, 0.29) is 5.82 Å². The molecule has 1 saturated heterocycles. The number of likely N-dealkylation sites (tertiary alicyclic amines) is 1. The van der Waals surface area contributed by atoms with Gasteiger partial charge in [-0.2, -0.15) is 0 Å². The molecule has 1 saturated carbocycles. The van der Waals surface area contributed by atoms with Crippen LogP contribution in [0.15, 0.2) is 23.1 Å². The summed E-state index contributed by atoms with van der Waals surface area (Å²) in [5.74, 6) is 1.03. The Hall–Kier alpha value is -0.580. The molecule has 1 aliphatic carbocycles. The summed E-state index contributed by atoms with van der Waals surface area (Å²) in [5, 5.41) is 3.79. The molecule has 4 heteroatoms. The molecular weight excluding hydrogens is 271 g/mol. The van der Waals surface area contributed by atoms with Gasteiger partial charge in [-0.1, -0.05) is 0 Å². The second-order valence-corrected chi connectivity index (χ2v) is 7.39. The largest absolute Gasteiger partial charge is 0.306 e. The lowest BCUT2D eigenvalue weighted by Crippen LogP contribution is -2.37. The van der Waals surface area contributed by atoms with Crippen LogP contribution in [0.5, 0.6) is 0 Å². The summed E-state index contributed by atoms with van der Waals surface area (Å²) in [6.45, 7) is 2.42. The lowest BCUT2D eigenvalue weighted by Gasteiger charge is -2.29. The number of hydrogen-bond acceptors (Lipinski definition) is 3. The number of nitrogens with zero attached hydrogens (tertiary/aromatic N) is 1. The van der Waals surface area contributed by atoms with Crippen molar-refractivity contribution in [1.82, 2.24) is 10.2 Å². The molecule has 0 radical (unpaired) electrons. The first-order valence-corrected chi connectivity index (χ1v) is 8.70. The van der Waals surface area contributed by atoms with Gasteiger partial charge >= 0.3 is 0 Å². The second-order valence-electron chi connectivity index (χ2n) is 6.25.